The molecule has 2 aromatic rings. The van der Waals surface area contributed by atoms with Gasteiger partial charge in [0.05, 0.1) is 11.3 Å². The number of nitrogens with zero attached hydrogens (tertiary/aromatic N) is 3. The van der Waals surface area contributed by atoms with Gasteiger partial charge in [0.2, 0.25) is 5.91 Å². The predicted octanol–water partition coefficient (Wildman–Crippen LogP) is 1.72. The number of hydrogen-bond donors (Lipinski definition) is 1. The smallest absolute Gasteiger partial charge is 0.242 e. The van der Waals surface area contributed by atoms with Crippen molar-refractivity contribution in [1.82, 2.24) is 20.1 Å². The minimum atomic E-state index is -0.143. The van der Waals surface area contributed by atoms with Crippen LogP contribution in [0.3, 0.4) is 0 Å². The molecule has 0 aliphatic rings. The van der Waals surface area contributed by atoms with Gasteiger partial charge in [0.1, 0.15) is 6.54 Å². The summed E-state index contributed by atoms with van der Waals surface area (Å²) in [4.78, 5) is 27.7. The van der Waals surface area contributed by atoms with Crippen LogP contribution in [0.25, 0.3) is 0 Å². The van der Waals surface area contributed by atoms with Gasteiger partial charge in [0.25, 0.3) is 0 Å². The highest BCUT2D eigenvalue weighted by Crippen LogP contribution is 2.13. The van der Waals surface area contributed by atoms with Crippen LogP contribution >= 0.6 is 0 Å². The molecule has 116 valence electrons. The minimum absolute atomic E-state index is 0.0334. The number of amides is 1. The molecule has 0 saturated carbocycles. The highest BCUT2D eigenvalue weighted by Gasteiger charge is 2.16. The van der Waals surface area contributed by atoms with Gasteiger partial charge in [-0.05, 0) is 45.4 Å². The minimum Gasteiger partial charge on any atom is -0.350 e. The van der Waals surface area contributed by atoms with Crippen molar-refractivity contribution in [2.75, 3.05) is 0 Å². The predicted molar refractivity (Wildman–Crippen MR) is 82.5 cm³/mol. The van der Waals surface area contributed by atoms with Crippen molar-refractivity contribution in [3.63, 3.8) is 0 Å². The first kappa shape index (κ1) is 15.9. The summed E-state index contributed by atoms with van der Waals surface area (Å²) in [6, 6.07) is 3.79. The number of ketones is 1. The molecule has 1 N–H and O–H groups in total. The molecule has 2 rings (SSSR count). The van der Waals surface area contributed by atoms with Crippen LogP contribution in [0.2, 0.25) is 0 Å². The van der Waals surface area contributed by atoms with Gasteiger partial charge >= 0.3 is 0 Å². The summed E-state index contributed by atoms with van der Waals surface area (Å²) in [5.74, 6) is -0.177. The van der Waals surface area contributed by atoms with E-state index in [1.54, 1.807) is 24.7 Å². The second-order valence-corrected chi connectivity index (χ2v) is 5.34. The molecule has 2 aromatic heterocycles. The van der Waals surface area contributed by atoms with E-state index in [-0.39, 0.29) is 18.2 Å². The van der Waals surface area contributed by atoms with Gasteiger partial charge in [0, 0.05) is 24.1 Å². The number of carbonyl (C=O) groups excluding carboxylic acids is 2. The Balaban J connectivity index is 2.01. The fraction of sp³-hybridized carbons (Fsp3) is 0.375. The number of hydrogen-bond acceptors (Lipinski definition) is 4. The summed E-state index contributed by atoms with van der Waals surface area (Å²) in [6.45, 7) is 7.54. The van der Waals surface area contributed by atoms with Crippen LogP contribution < -0.4 is 5.32 Å². The van der Waals surface area contributed by atoms with Crippen molar-refractivity contribution < 1.29 is 9.59 Å². The van der Waals surface area contributed by atoms with Crippen LogP contribution in [0.15, 0.2) is 18.3 Å². The SMILES string of the molecule is CC(=O)c1c(C)nn(CC(=O)NCc2ccnc(C)c2)c1C. The molecule has 6 heteroatoms. The van der Waals surface area contributed by atoms with Crippen LogP contribution in [0.1, 0.15) is 39.9 Å². The van der Waals surface area contributed by atoms with Crippen LogP contribution in [0.4, 0.5) is 0 Å². The van der Waals surface area contributed by atoms with Crippen molar-refractivity contribution >= 4 is 11.7 Å². The number of rotatable bonds is 5. The van der Waals surface area contributed by atoms with E-state index in [1.165, 1.54) is 6.92 Å². The second kappa shape index (κ2) is 6.51. The summed E-state index contributed by atoms with van der Waals surface area (Å²) < 4.78 is 1.57. The van der Waals surface area contributed by atoms with Crippen molar-refractivity contribution in [3.8, 4) is 0 Å². The van der Waals surface area contributed by atoms with E-state index in [9.17, 15) is 9.59 Å². The van der Waals surface area contributed by atoms with Crippen molar-refractivity contribution in [2.45, 2.75) is 40.8 Å². The molecule has 0 fully saturated rings. The standard InChI is InChI=1S/C16H20N4O2/c1-10-7-14(5-6-17-10)8-18-15(22)9-20-12(3)16(13(4)21)11(2)19-20/h5-7H,8-9H2,1-4H3,(H,18,22). The van der Waals surface area contributed by atoms with Crippen LogP contribution in [0, 0.1) is 20.8 Å². The molecule has 0 spiro atoms. The molecule has 0 aliphatic heterocycles. The molecule has 0 radical (unpaired) electrons. The zero-order valence-electron chi connectivity index (χ0n) is 13.3. The third-order valence-electron chi connectivity index (χ3n) is 3.48. The lowest BCUT2D eigenvalue weighted by Gasteiger charge is -2.07. The Hall–Kier alpha value is -2.50. The van der Waals surface area contributed by atoms with Gasteiger partial charge in [-0.1, -0.05) is 0 Å². The third-order valence-corrected chi connectivity index (χ3v) is 3.48. The molecule has 0 atom stereocenters. The van der Waals surface area contributed by atoms with E-state index >= 15 is 0 Å². The summed E-state index contributed by atoms with van der Waals surface area (Å²) in [7, 11) is 0. The number of Topliss-reactive ketones (excluding diaryl/α,β-unsaturated/α-hetero) is 1. The van der Waals surface area contributed by atoms with Crippen LogP contribution in [0.5, 0.6) is 0 Å². The molecular formula is C16H20N4O2. The molecule has 6 nitrogen and oxygen atoms in total. The summed E-state index contributed by atoms with van der Waals surface area (Å²) in [6.07, 6.45) is 1.72. The maximum Gasteiger partial charge on any atom is 0.242 e. The van der Waals surface area contributed by atoms with E-state index in [1.807, 2.05) is 19.1 Å². The van der Waals surface area contributed by atoms with E-state index in [0.717, 1.165) is 17.0 Å². The second-order valence-electron chi connectivity index (χ2n) is 5.34. The first-order chi connectivity index (χ1) is 10.4. The average molecular weight is 300 g/mol. The highest BCUT2D eigenvalue weighted by atomic mass is 16.2. The highest BCUT2D eigenvalue weighted by molar-refractivity contribution is 5.96. The normalized spacial score (nSPS) is 10.5. The number of nitrogens with one attached hydrogen (secondary N) is 1. The van der Waals surface area contributed by atoms with E-state index in [4.69, 9.17) is 0 Å². The average Bonchev–Trinajstić information content (AvgIpc) is 2.71. The van der Waals surface area contributed by atoms with Gasteiger partial charge < -0.3 is 5.32 Å². The summed E-state index contributed by atoms with van der Waals surface area (Å²) in [5.41, 5.74) is 3.88. The maximum absolute atomic E-state index is 12.0. The van der Waals surface area contributed by atoms with Gasteiger partial charge in [0.15, 0.2) is 5.78 Å². The molecule has 0 bridgehead atoms. The fourth-order valence-corrected chi connectivity index (χ4v) is 2.47. The van der Waals surface area contributed by atoms with Crippen molar-refractivity contribution in [2.24, 2.45) is 0 Å². The Morgan fingerprint density at radius 1 is 1.27 bits per heavy atom. The first-order valence-corrected chi connectivity index (χ1v) is 7.11. The maximum atomic E-state index is 12.0. The Morgan fingerprint density at radius 2 is 2.00 bits per heavy atom. The Bertz CT molecular complexity index is 719. The lowest BCUT2D eigenvalue weighted by Crippen LogP contribution is -2.28. The van der Waals surface area contributed by atoms with E-state index < -0.39 is 0 Å². The van der Waals surface area contributed by atoms with Gasteiger partial charge in [-0.25, -0.2) is 0 Å². The van der Waals surface area contributed by atoms with Gasteiger partial charge in [-0.2, -0.15) is 5.10 Å². The van der Waals surface area contributed by atoms with E-state index in [2.05, 4.69) is 15.4 Å². The van der Waals surface area contributed by atoms with Crippen molar-refractivity contribution in [1.29, 1.82) is 0 Å². The monoisotopic (exact) mass is 300 g/mol. The van der Waals surface area contributed by atoms with E-state index in [0.29, 0.717) is 17.8 Å². The molecule has 0 aromatic carbocycles. The summed E-state index contributed by atoms with van der Waals surface area (Å²) >= 11 is 0. The molecule has 0 aliphatic carbocycles. The Morgan fingerprint density at radius 3 is 2.59 bits per heavy atom. The molecule has 2 heterocycles. The number of pyridine rings is 1. The lowest BCUT2D eigenvalue weighted by molar-refractivity contribution is -0.122. The van der Waals surface area contributed by atoms with Crippen LogP contribution in [-0.4, -0.2) is 26.5 Å². The first-order valence-electron chi connectivity index (χ1n) is 7.11. The summed E-state index contributed by atoms with van der Waals surface area (Å²) in [5, 5.41) is 7.11. The Labute approximate surface area is 129 Å². The zero-order chi connectivity index (χ0) is 16.3. The third kappa shape index (κ3) is 3.58. The number of aromatic nitrogens is 3. The quantitative estimate of drug-likeness (QED) is 0.853. The van der Waals surface area contributed by atoms with Gasteiger partial charge in [-0.3, -0.25) is 19.3 Å². The molecule has 1 amide bonds. The molecular weight excluding hydrogens is 280 g/mol. The van der Waals surface area contributed by atoms with Crippen molar-refractivity contribution in [3.05, 3.63) is 46.5 Å². The Kier molecular flexibility index (Phi) is 4.70. The number of carbonyl (C=O) groups is 2. The fourth-order valence-electron chi connectivity index (χ4n) is 2.47. The lowest BCUT2D eigenvalue weighted by atomic mass is 10.1. The number of aryl methyl sites for hydroxylation is 2. The molecule has 22 heavy (non-hydrogen) atoms. The van der Waals surface area contributed by atoms with Gasteiger partial charge in [-0.15, -0.1) is 0 Å². The largest absolute Gasteiger partial charge is 0.350 e. The zero-order valence-corrected chi connectivity index (χ0v) is 13.3. The topological polar surface area (TPSA) is 76.9 Å². The van der Waals surface area contributed by atoms with Crippen LogP contribution in [-0.2, 0) is 17.9 Å². The molecule has 0 saturated heterocycles. The molecule has 0 unspecified atom stereocenters.